The second-order valence-corrected chi connectivity index (χ2v) is 12.8. The van der Waals surface area contributed by atoms with Gasteiger partial charge in [0.15, 0.2) is 11.6 Å². The average molecular weight is 556 g/mol. The fraction of sp³-hybridized carbons (Fsp3) is 0.694. The van der Waals surface area contributed by atoms with Gasteiger partial charge in [-0.05, 0) is 67.2 Å². The van der Waals surface area contributed by atoms with E-state index in [1.165, 1.54) is 96.3 Å². The zero-order valence-electron chi connectivity index (χ0n) is 25.0. The third-order valence-corrected chi connectivity index (χ3v) is 9.39. The first-order valence-electron chi connectivity index (χ1n) is 16.7. The van der Waals surface area contributed by atoms with E-state index >= 15 is 8.78 Å². The average Bonchev–Trinajstić information content (AvgIpc) is 3.79. The molecule has 1 nitrogen and oxygen atoms in total. The monoisotopic (exact) mass is 555 g/mol. The Morgan fingerprint density at radius 3 is 1.98 bits per heavy atom. The van der Waals surface area contributed by atoms with E-state index < -0.39 is 17.6 Å². The van der Waals surface area contributed by atoms with Gasteiger partial charge in [-0.2, -0.15) is 4.39 Å². The van der Waals surface area contributed by atoms with Gasteiger partial charge in [-0.3, -0.25) is 0 Å². The van der Waals surface area contributed by atoms with Gasteiger partial charge in [-0.1, -0.05) is 122 Å². The summed E-state index contributed by atoms with van der Waals surface area (Å²) in [7, 11) is 0. The van der Waals surface area contributed by atoms with Gasteiger partial charge in [0.2, 0.25) is 5.95 Å². The number of aromatic nitrogens is 1. The van der Waals surface area contributed by atoms with Crippen molar-refractivity contribution < 1.29 is 13.2 Å². The summed E-state index contributed by atoms with van der Waals surface area (Å²) in [5.41, 5.74) is 2.25. The van der Waals surface area contributed by atoms with E-state index in [1.807, 2.05) is 0 Å². The van der Waals surface area contributed by atoms with E-state index in [0.29, 0.717) is 29.9 Å². The maximum absolute atomic E-state index is 15.2. The van der Waals surface area contributed by atoms with Gasteiger partial charge >= 0.3 is 0 Å². The largest absolute Gasteiger partial charge is 0.219 e. The van der Waals surface area contributed by atoms with E-state index in [1.54, 1.807) is 18.2 Å². The molecule has 1 atom stereocenters. The number of benzene rings is 1. The van der Waals surface area contributed by atoms with Crippen LogP contribution in [-0.4, -0.2) is 4.98 Å². The second-order valence-electron chi connectivity index (χ2n) is 12.8. The summed E-state index contributed by atoms with van der Waals surface area (Å²) in [6.07, 6.45) is 25.8. The van der Waals surface area contributed by atoms with Crippen LogP contribution in [0.25, 0.3) is 11.3 Å². The molecule has 0 radical (unpaired) electrons. The standard InChI is InChI=1S/C36H52F3N/c1-2-3-4-5-7-11-14-17-28-21-22-30-26-32(35(38)34(37)31(30)25-28)33-24-23-29(36(39)40-33)18-15-12-9-6-8-10-13-16-27-19-20-27/h23-24,26-28H,2-22,25H2,1H3. The Hall–Kier alpha value is -1.84. The first kappa shape index (κ1) is 31.1. The first-order chi connectivity index (χ1) is 19.6. The molecular weight excluding hydrogens is 503 g/mol. The van der Waals surface area contributed by atoms with E-state index in [4.69, 9.17) is 0 Å². The van der Waals surface area contributed by atoms with Crippen molar-refractivity contribution >= 4 is 0 Å². The summed E-state index contributed by atoms with van der Waals surface area (Å²) in [6, 6.07) is 5.10. The minimum atomic E-state index is -0.882. The maximum atomic E-state index is 15.2. The Kier molecular flexibility index (Phi) is 12.9. The van der Waals surface area contributed by atoms with Crippen molar-refractivity contribution in [2.24, 2.45) is 11.8 Å². The fourth-order valence-corrected chi connectivity index (χ4v) is 6.57. The van der Waals surface area contributed by atoms with Gasteiger partial charge in [0.1, 0.15) is 0 Å². The van der Waals surface area contributed by atoms with Crippen LogP contribution in [-0.2, 0) is 19.3 Å². The van der Waals surface area contributed by atoms with E-state index in [9.17, 15) is 4.39 Å². The number of pyridine rings is 1. The molecule has 1 aromatic heterocycles. The van der Waals surface area contributed by atoms with Crippen molar-refractivity contribution in [3.63, 3.8) is 0 Å². The van der Waals surface area contributed by atoms with Crippen LogP contribution in [0.3, 0.4) is 0 Å². The number of halogens is 3. The van der Waals surface area contributed by atoms with E-state index in [0.717, 1.165) is 43.6 Å². The summed E-state index contributed by atoms with van der Waals surface area (Å²) < 4.78 is 45.3. The predicted octanol–water partition coefficient (Wildman–Crippen LogP) is 11.5. The molecule has 1 heterocycles. The zero-order valence-corrected chi connectivity index (χ0v) is 25.0. The van der Waals surface area contributed by atoms with Crippen LogP contribution in [0.2, 0.25) is 0 Å². The highest BCUT2D eigenvalue weighted by Crippen LogP contribution is 2.36. The number of rotatable bonds is 19. The van der Waals surface area contributed by atoms with Crippen molar-refractivity contribution in [3.05, 3.63) is 52.5 Å². The summed E-state index contributed by atoms with van der Waals surface area (Å²) in [5.74, 6) is -0.729. The number of aryl methyl sites for hydroxylation is 2. The molecule has 0 aliphatic heterocycles. The fourth-order valence-electron chi connectivity index (χ4n) is 6.57. The molecule has 2 aliphatic rings. The number of hydrogen-bond acceptors (Lipinski definition) is 1. The maximum Gasteiger partial charge on any atom is 0.216 e. The van der Waals surface area contributed by atoms with Gasteiger partial charge < -0.3 is 0 Å². The second kappa shape index (κ2) is 16.6. The molecule has 1 saturated carbocycles. The summed E-state index contributed by atoms with van der Waals surface area (Å²) in [4.78, 5) is 4.08. The molecule has 222 valence electrons. The lowest BCUT2D eigenvalue weighted by Gasteiger charge is -2.26. The Labute approximate surface area is 241 Å². The smallest absolute Gasteiger partial charge is 0.216 e. The lowest BCUT2D eigenvalue weighted by Crippen LogP contribution is -2.17. The van der Waals surface area contributed by atoms with Crippen molar-refractivity contribution in [2.45, 2.75) is 148 Å². The third-order valence-electron chi connectivity index (χ3n) is 9.39. The van der Waals surface area contributed by atoms with Crippen molar-refractivity contribution in [1.29, 1.82) is 0 Å². The molecule has 2 aliphatic carbocycles. The predicted molar refractivity (Wildman–Crippen MR) is 161 cm³/mol. The highest BCUT2D eigenvalue weighted by atomic mass is 19.2. The van der Waals surface area contributed by atoms with E-state index in [2.05, 4.69) is 11.9 Å². The SMILES string of the molecule is CCCCCCCCCC1CCc2cc(-c3ccc(CCCCCCCCCC4CC4)c(F)n3)c(F)c(F)c2C1. The van der Waals surface area contributed by atoms with Gasteiger partial charge in [-0.25, -0.2) is 13.8 Å². The van der Waals surface area contributed by atoms with Crippen molar-refractivity contribution in [2.75, 3.05) is 0 Å². The summed E-state index contributed by atoms with van der Waals surface area (Å²) >= 11 is 0. The third kappa shape index (κ3) is 9.62. The normalized spacial score (nSPS) is 16.9. The highest BCUT2D eigenvalue weighted by molar-refractivity contribution is 5.63. The number of fused-ring (bicyclic) bond motifs is 1. The van der Waals surface area contributed by atoms with E-state index in [-0.39, 0.29) is 11.3 Å². The molecule has 1 aromatic carbocycles. The van der Waals surface area contributed by atoms with Crippen LogP contribution in [0, 0.1) is 29.4 Å². The number of hydrogen-bond donors (Lipinski definition) is 0. The van der Waals surface area contributed by atoms with Gasteiger partial charge in [-0.15, -0.1) is 0 Å². The van der Waals surface area contributed by atoms with Crippen LogP contribution in [0.1, 0.15) is 146 Å². The van der Waals surface area contributed by atoms with Crippen molar-refractivity contribution in [3.8, 4) is 11.3 Å². The lowest BCUT2D eigenvalue weighted by molar-refractivity contribution is 0.388. The van der Waals surface area contributed by atoms with Gasteiger partial charge in [0.05, 0.1) is 5.69 Å². The van der Waals surface area contributed by atoms with Crippen LogP contribution in [0.15, 0.2) is 18.2 Å². The molecule has 0 amide bonds. The minimum Gasteiger partial charge on any atom is -0.219 e. The Balaban J connectivity index is 1.23. The first-order valence-corrected chi connectivity index (χ1v) is 16.7. The van der Waals surface area contributed by atoms with Crippen molar-refractivity contribution in [1.82, 2.24) is 4.98 Å². The molecule has 0 bridgehead atoms. The van der Waals surface area contributed by atoms with Crippen LogP contribution >= 0.6 is 0 Å². The molecular formula is C36H52F3N. The molecule has 1 fully saturated rings. The molecule has 0 N–H and O–H groups in total. The van der Waals surface area contributed by atoms with Crippen LogP contribution < -0.4 is 0 Å². The molecule has 2 aromatic rings. The molecule has 0 saturated heterocycles. The molecule has 1 unspecified atom stereocenters. The Morgan fingerprint density at radius 1 is 0.700 bits per heavy atom. The molecule has 0 spiro atoms. The minimum absolute atomic E-state index is 0.0916. The molecule has 4 heteroatoms. The van der Waals surface area contributed by atoms with Gasteiger partial charge in [0, 0.05) is 11.1 Å². The van der Waals surface area contributed by atoms with Gasteiger partial charge in [0.25, 0.3) is 0 Å². The number of nitrogens with zero attached hydrogens (tertiary/aromatic N) is 1. The number of unbranched alkanes of at least 4 members (excludes halogenated alkanes) is 12. The molecule has 4 rings (SSSR count). The summed E-state index contributed by atoms with van der Waals surface area (Å²) in [6.45, 7) is 2.23. The quantitative estimate of drug-likeness (QED) is 0.124. The highest BCUT2D eigenvalue weighted by Gasteiger charge is 2.26. The van der Waals surface area contributed by atoms with Crippen LogP contribution in [0.4, 0.5) is 13.2 Å². The Bertz CT molecular complexity index is 1040. The molecule has 40 heavy (non-hydrogen) atoms. The zero-order chi connectivity index (χ0) is 28.2. The topological polar surface area (TPSA) is 12.9 Å². The Morgan fingerprint density at radius 2 is 1.32 bits per heavy atom. The summed E-state index contributed by atoms with van der Waals surface area (Å²) in [5, 5.41) is 0. The van der Waals surface area contributed by atoms with Crippen LogP contribution in [0.5, 0.6) is 0 Å². The lowest BCUT2D eigenvalue weighted by atomic mass is 9.80.